The summed E-state index contributed by atoms with van der Waals surface area (Å²) in [6.45, 7) is 4.37. The molecule has 0 aliphatic rings. The number of carbonyl (C=O) groups excluding carboxylic acids is 4. The Morgan fingerprint density at radius 3 is 2.17 bits per heavy atom. The highest BCUT2D eigenvalue weighted by Gasteiger charge is 2.30. The number of carboxylic acids is 1. The predicted molar refractivity (Wildman–Crippen MR) is 157 cm³/mol. The van der Waals surface area contributed by atoms with Crippen LogP contribution in [0.25, 0.3) is 10.9 Å². The van der Waals surface area contributed by atoms with Crippen molar-refractivity contribution in [2.45, 2.75) is 57.8 Å². The maximum absolute atomic E-state index is 13.2. The molecule has 42 heavy (non-hydrogen) atoms. The number of benzene rings is 2. The van der Waals surface area contributed by atoms with E-state index >= 15 is 0 Å². The van der Waals surface area contributed by atoms with E-state index in [1.807, 2.05) is 54.6 Å². The molecule has 0 bridgehead atoms. The largest absolute Gasteiger partial charge is 0.480 e. The number of carbonyl (C=O) groups is 5. The van der Waals surface area contributed by atoms with E-state index < -0.39 is 66.2 Å². The fraction of sp³-hybridized carbons (Fsp3) is 0.367. The van der Waals surface area contributed by atoms with E-state index in [0.29, 0.717) is 6.42 Å². The number of aliphatic carboxylic acids is 1. The number of H-pyrrole nitrogens is 1. The number of hydrogen-bond acceptors (Lipinski definition) is 6. The SMILES string of the molecule is CC(C)[C@H](NC(=O)[C@H](Cc1c[nH]c2ccccc12)NC(=O)[C@H](C)NC(=O)CNC(=O)[C@@H](N)Cc1ccccc1)C(=O)O. The van der Waals surface area contributed by atoms with E-state index in [0.717, 1.165) is 22.0 Å². The highest BCUT2D eigenvalue weighted by Crippen LogP contribution is 2.19. The van der Waals surface area contributed by atoms with E-state index in [9.17, 15) is 29.1 Å². The molecule has 2 aromatic carbocycles. The Kier molecular flexibility index (Phi) is 11.2. The third-order valence-electron chi connectivity index (χ3n) is 6.79. The number of amides is 4. The molecule has 0 aliphatic heterocycles. The quantitative estimate of drug-likeness (QED) is 0.145. The predicted octanol–water partition coefficient (Wildman–Crippen LogP) is 0.612. The van der Waals surface area contributed by atoms with Gasteiger partial charge in [-0.05, 0) is 36.5 Å². The molecule has 12 nitrogen and oxygen atoms in total. The zero-order valence-electron chi connectivity index (χ0n) is 23.8. The highest BCUT2D eigenvalue weighted by atomic mass is 16.4. The van der Waals surface area contributed by atoms with Crippen LogP contribution in [0.5, 0.6) is 0 Å². The lowest BCUT2D eigenvalue weighted by Crippen LogP contribution is -2.57. The smallest absolute Gasteiger partial charge is 0.326 e. The number of nitrogens with two attached hydrogens (primary N) is 1. The van der Waals surface area contributed by atoms with Crippen molar-refractivity contribution >= 4 is 40.5 Å². The number of hydrogen-bond donors (Lipinski definition) is 7. The van der Waals surface area contributed by atoms with Gasteiger partial charge in [0.2, 0.25) is 23.6 Å². The number of nitrogens with one attached hydrogen (secondary N) is 5. The molecule has 3 rings (SSSR count). The number of para-hydroxylation sites is 1. The summed E-state index contributed by atoms with van der Waals surface area (Å²) in [5, 5.41) is 20.5. The van der Waals surface area contributed by atoms with Crippen molar-refractivity contribution in [1.29, 1.82) is 0 Å². The van der Waals surface area contributed by atoms with Crippen molar-refractivity contribution in [3.63, 3.8) is 0 Å². The summed E-state index contributed by atoms with van der Waals surface area (Å²) < 4.78 is 0. The molecule has 1 aromatic heterocycles. The zero-order valence-corrected chi connectivity index (χ0v) is 23.8. The fourth-order valence-electron chi connectivity index (χ4n) is 4.41. The highest BCUT2D eigenvalue weighted by molar-refractivity contribution is 5.95. The monoisotopic (exact) mass is 578 g/mol. The molecular formula is C30H38N6O6. The first-order valence-electron chi connectivity index (χ1n) is 13.7. The molecule has 0 fully saturated rings. The molecule has 0 saturated heterocycles. The molecule has 4 amide bonds. The molecule has 8 N–H and O–H groups in total. The first-order valence-corrected chi connectivity index (χ1v) is 13.7. The van der Waals surface area contributed by atoms with Crippen molar-refractivity contribution in [2.75, 3.05) is 6.54 Å². The van der Waals surface area contributed by atoms with Crippen LogP contribution in [-0.2, 0) is 36.8 Å². The summed E-state index contributed by atoms with van der Waals surface area (Å²) in [5.74, 6) is -4.06. The van der Waals surface area contributed by atoms with E-state index in [1.54, 1.807) is 20.0 Å². The second kappa shape index (κ2) is 14.8. The molecule has 224 valence electrons. The summed E-state index contributed by atoms with van der Waals surface area (Å²) in [7, 11) is 0. The minimum Gasteiger partial charge on any atom is -0.480 e. The number of carboxylic acid groups (broad SMARTS) is 1. The number of aromatic amines is 1. The van der Waals surface area contributed by atoms with Gasteiger partial charge in [0, 0.05) is 23.5 Å². The van der Waals surface area contributed by atoms with Gasteiger partial charge >= 0.3 is 5.97 Å². The summed E-state index contributed by atoms with van der Waals surface area (Å²) in [5.41, 5.74) is 8.41. The Morgan fingerprint density at radius 2 is 1.50 bits per heavy atom. The topological polar surface area (TPSA) is 196 Å². The maximum Gasteiger partial charge on any atom is 0.326 e. The molecule has 0 aliphatic carbocycles. The van der Waals surface area contributed by atoms with Crippen molar-refractivity contribution < 1.29 is 29.1 Å². The van der Waals surface area contributed by atoms with Gasteiger partial charge in [0.15, 0.2) is 0 Å². The summed E-state index contributed by atoms with van der Waals surface area (Å²) >= 11 is 0. The second-order valence-electron chi connectivity index (χ2n) is 10.5. The van der Waals surface area contributed by atoms with Crippen molar-refractivity contribution in [3.8, 4) is 0 Å². The van der Waals surface area contributed by atoms with Crippen LogP contribution < -0.4 is 27.0 Å². The average Bonchev–Trinajstić information content (AvgIpc) is 3.36. The Labute approximate surface area is 243 Å². The van der Waals surface area contributed by atoms with Crippen LogP contribution in [0.1, 0.15) is 31.9 Å². The molecule has 0 spiro atoms. The van der Waals surface area contributed by atoms with Crippen LogP contribution in [-0.4, -0.2) is 70.4 Å². The minimum atomic E-state index is -1.19. The average molecular weight is 579 g/mol. The fourth-order valence-corrected chi connectivity index (χ4v) is 4.41. The molecule has 12 heteroatoms. The summed E-state index contributed by atoms with van der Waals surface area (Å²) in [4.78, 5) is 65.9. The Bertz CT molecular complexity index is 1410. The number of fused-ring (bicyclic) bond motifs is 1. The Hall–Kier alpha value is -4.71. The van der Waals surface area contributed by atoms with Crippen molar-refractivity contribution in [1.82, 2.24) is 26.3 Å². The first-order chi connectivity index (χ1) is 20.0. The third-order valence-corrected chi connectivity index (χ3v) is 6.79. The van der Waals surface area contributed by atoms with E-state index in [2.05, 4.69) is 26.3 Å². The lowest BCUT2D eigenvalue weighted by Gasteiger charge is -2.24. The van der Waals surface area contributed by atoms with Gasteiger partial charge in [-0.3, -0.25) is 19.2 Å². The molecule has 0 radical (unpaired) electrons. The van der Waals surface area contributed by atoms with Crippen LogP contribution in [0.3, 0.4) is 0 Å². The lowest BCUT2D eigenvalue weighted by molar-refractivity contribution is -0.143. The van der Waals surface area contributed by atoms with Gasteiger partial charge in [0.05, 0.1) is 12.6 Å². The van der Waals surface area contributed by atoms with Crippen LogP contribution in [0.15, 0.2) is 60.8 Å². The lowest BCUT2D eigenvalue weighted by atomic mass is 10.0. The van der Waals surface area contributed by atoms with Crippen LogP contribution >= 0.6 is 0 Å². The Balaban J connectivity index is 1.62. The summed E-state index contributed by atoms with van der Waals surface area (Å²) in [6, 6.07) is 12.4. The van der Waals surface area contributed by atoms with Gasteiger partial charge in [-0.2, -0.15) is 0 Å². The summed E-state index contributed by atoms with van der Waals surface area (Å²) in [6.07, 6.45) is 2.10. The number of rotatable bonds is 14. The van der Waals surface area contributed by atoms with Gasteiger partial charge in [-0.15, -0.1) is 0 Å². The normalized spacial score (nSPS) is 13.9. The molecule has 0 saturated carbocycles. The van der Waals surface area contributed by atoms with E-state index in [1.165, 1.54) is 6.92 Å². The number of aromatic nitrogens is 1. The van der Waals surface area contributed by atoms with E-state index in [4.69, 9.17) is 5.73 Å². The first kappa shape index (κ1) is 31.8. The van der Waals surface area contributed by atoms with Gasteiger partial charge in [0.25, 0.3) is 0 Å². The van der Waals surface area contributed by atoms with Crippen molar-refractivity contribution in [2.24, 2.45) is 11.7 Å². The second-order valence-corrected chi connectivity index (χ2v) is 10.5. The molecule has 4 atom stereocenters. The third kappa shape index (κ3) is 8.90. The van der Waals surface area contributed by atoms with E-state index in [-0.39, 0.29) is 6.42 Å². The molecule has 1 heterocycles. The van der Waals surface area contributed by atoms with Crippen LogP contribution in [0, 0.1) is 5.92 Å². The minimum absolute atomic E-state index is 0.0715. The Morgan fingerprint density at radius 1 is 0.833 bits per heavy atom. The van der Waals surface area contributed by atoms with Crippen molar-refractivity contribution in [3.05, 3.63) is 71.9 Å². The maximum atomic E-state index is 13.2. The molecular weight excluding hydrogens is 540 g/mol. The van der Waals surface area contributed by atoms with Gasteiger partial charge < -0.3 is 37.1 Å². The van der Waals surface area contributed by atoms with Gasteiger partial charge in [-0.25, -0.2) is 4.79 Å². The standard InChI is InChI=1S/C30H38N6O6/c1-17(2)26(30(41)42)36-29(40)24(14-20-15-32-23-12-8-7-11-21(20)23)35-27(38)18(3)34-25(37)16-33-28(39)22(31)13-19-9-5-4-6-10-19/h4-12,15,17-18,22,24,26,32H,13-14,16,31H2,1-3H3,(H,33,39)(H,34,37)(H,35,38)(H,36,40)(H,41,42)/t18-,22-,24-,26-/m0/s1. The zero-order chi connectivity index (χ0) is 30.8. The van der Waals surface area contributed by atoms with Crippen LogP contribution in [0.2, 0.25) is 0 Å². The van der Waals surface area contributed by atoms with Crippen LogP contribution in [0.4, 0.5) is 0 Å². The molecule has 3 aromatic rings. The van der Waals surface area contributed by atoms with Gasteiger partial charge in [0.1, 0.15) is 18.1 Å². The van der Waals surface area contributed by atoms with Gasteiger partial charge in [-0.1, -0.05) is 62.4 Å². The molecule has 0 unspecified atom stereocenters.